The van der Waals surface area contributed by atoms with Gasteiger partial charge >= 0.3 is 0 Å². The van der Waals surface area contributed by atoms with Crippen LogP contribution in [0.4, 0.5) is 4.39 Å². The summed E-state index contributed by atoms with van der Waals surface area (Å²) in [5.74, 6) is 0.404. The number of hydrogen-bond donors (Lipinski definition) is 3. The molecule has 2 aromatic rings. The third-order valence-electron chi connectivity index (χ3n) is 3.65. The maximum atomic E-state index is 13.1. The van der Waals surface area contributed by atoms with Gasteiger partial charge in [-0.3, -0.25) is 0 Å². The fraction of sp³-hybridized carbons (Fsp3) is 0.353. The lowest BCUT2D eigenvalue weighted by atomic mass is 10.1. The van der Waals surface area contributed by atoms with Crippen molar-refractivity contribution in [2.45, 2.75) is 31.0 Å². The minimum Gasteiger partial charge on any atom is -0.357 e. The molecule has 0 radical (unpaired) electrons. The summed E-state index contributed by atoms with van der Waals surface area (Å²) in [5, 5.41) is 11.5. The first kappa shape index (κ1) is 20.3. The first-order valence-electron chi connectivity index (χ1n) is 8.18. The van der Waals surface area contributed by atoms with E-state index in [0.717, 1.165) is 33.8 Å². The molecule has 0 atom stereocenters. The Morgan fingerprint density at radius 2 is 2.04 bits per heavy atom. The van der Waals surface area contributed by atoms with Crippen LogP contribution in [0.3, 0.4) is 0 Å². The molecule has 0 aliphatic rings. The van der Waals surface area contributed by atoms with Crippen molar-refractivity contribution in [3.8, 4) is 0 Å². The molecule has 1 aromatic heterocycles. The predicted octanol–water partition coefficient (Wildman–Crippen LogP) is 2.14. The number of sulfonamides is 1. The molecule has 1 heterocycles. The number of benzene rings is 1. The van der Waals surface area contributed by atoms with Gasteiger partial charge in [0.15, 0.2) is 5.96 Å². The molecule has 0 saturated carbocycles. The van der Waals surface area contributed by atoms with Gasteiger partial charge in [-0.15, -0.1) is 11.3 Å². The zero-order valence-corrected chi connectivity index (χ0v) is 16.4. The van der Waals surface area contributed by atoms with Gasteiger partial charge in [0, 0.05) is 18.0 Å². The number of rotatable bonds is 7. The number of thiophene rings is 1. The molecule has 0 aliphatic carbocycles. The Bertz CT molecular complexity index is 879. The molecule has 0 bridgehead atoms. The van der Waals surface area contributed by atoms with Gasteiger partial charge in [-0.05, 0) is 55.7 Å². The van der Waals surface area contributed by atoms with Gasteiger partial charge in [0.1, 0.15) is 10.0 Å². The lowest BCUT2D eigenvalue weighted by Gasteiger charge is -2.12. The van der Waals surface area contributed by atoms with E-state index in [2.05, 4.69) is 15.6 Å². The Morgan fingerprint density at radius 1 is 1.27 bits per heavy atom. The molecule has 0 fully saturated rings. The van der Waals surface area contributed by atoms with Crippen LogP contribution in [-0.2, 0) is 23.0 Å². The third kappa shape index (κ3) is 6.08. The standard InChI is InChI=1S/C17H23FN4O2S2/c1-3-20-17(21-9-8-13-4-5-14(18)10-12(13)2)22-11-15-6-7-16(25-15)26(19,23)24/h4-7,10H,3,8-9,11H2,1-2H3,(H2,19,23,24)(H2,20,21,22). The summed E-state index contributed by atoms with van der Waals surface area (Å²) in [6, 6.07) is 7.97. The molecule has 0 spiro atoms. The van der Waals surface area contributed by atoms with Crippen molar-refractivity contribution in [1.29, 1.82) is 0 Å². The van der Waals surface area contributed by atoms with Gasteiger partial charge < -0.3 is 10.6 Å². The molecule has 142 valence electrons. The molecular formula is C17H23FN4O2S2. The summed E-state index contributed by atoms with van der Waals surface area (Å²) in [6.45, 7) is 5.55. The highest BCUT2D eigenvalue weighted by molar-refractivity contribution is 7.91. The van der Waals surface area contributed by atoms with Gasteiger partial charge in [0.25, 0.3) is 0 Å². The summed E-state index contributed by atoms with van der Waals surface area (Å²) in [6.07, 6.45) is 0.741. The molecule has 6 nitrogen and oxygen atoms in total. The van der Waals surface area contributed by atoms with E-state index in [-0.39, 0.29) is 10.0 Å². The van der Waals surface area contributed by atoms with E-state index >= 15 is 0 Å². The van der Waals surface area contributed by atoms with E-state index in [1.54, 1.807) is 12.1 Å². The number of guanidine groups is 1. The Morgan fingerprint density at radius 3 is 2.65 bits per heavy atom. The molecule has 9 heteroatoms. The number of hydrogen-bond acceptors (Lipinski definition) is 4. The van der Waals surface area contributed by atoms with Crippen molar-refractivity contribution in [2.24, 2.45) is 10.1 Å². The van der Waals surface area contributed by atoms with Crippen LogP contribution in [0.1, 0.15) is 22.9 Å². The average molecular weight is 399 g/mol. The molecule has 0 saturated heterocycles. The number of aryl methyl sites for hydroxylation is 1. The molecule has 2 rings (SSSR count). The number of halogens is 1. The number of nitrogens with zero attached hydrogens (tertiary/aromatic N) is 1. The van der Waals surface area contributed by atoms with Crippen LogP contribution in [0.25, 0.3) is 0 Å². The van der Waals surface area contributed by atoms with E-state index in [4.69, 9.17) is 5.14 Å². The molecule has 0 aliphatic heterocycles. The highest BCUT2D eigenvalue weighted by Gasteiger charge is 2.11. The van der Waals surface area contributed by atoms with E-state index < -0.39 is 10.0 Å². The summed E-state index contributed by atoms with van der Waals surface area (Å²) >= 11 is 1.11. The summed E-state index contributed by atoms with van der Waals surface area (Å²) in [4.78, 5) is 5.26. The van der Waals surface area contributed by atoms with E-state index in [1.807, 2.05) is 13.8 Å². The van der Waals surface area contributed by atoms with E-state index in [9.17, 15) is 12.8 Å². The molecule has 4 N–H and O–H groups in total. The first-order chi connectivity index (χ1) is 12.3. The minimum absolute atomic E-state index is 0.132. The van der Waals surface area contributed by atoms with Crippen LogP contribution >= 0.6 is 11.3 Å². The average Bonchev–Trinajstić information content (AvgIpc) is 3.04. The third-order valence-corrected chi connectivity index (χ3v) is 6.15. The maximum absolute atomic E-state index is 13.1. The van der Waals surface area contributed by atoms with Crippen LogP contribution in [-0.4, -0.2) is 27.5 Å². The monoisotopic (exact) mass is 398 g/mol. The van der Waals surface area contributed by atoms with Crippen LogP contribution < -0.4 is 15.8 Å². The van der Waals surface area contributed by atoms with Crippen molar-refractivity contribution in [2.75, 3.05) is 13.1 Å². The fourth-order valence-corrected chi connectivity index (χ4v) is 4.05. The minimum atomic E-state index is -3.67. The topological polar surface area (TPSA) is 96.6 Å². The van der Waals surface area contributed by atoms with Crippen molar-refractivity contribution >= 4 is 27.3 Å². The largest absolute Gasteiger partial charge is 0.357 e. The second kappa shape index (κ2) is 9.11. The Hall–Kier alpha value is -1.97. The fourth-order valence-electron chi connectivity index (χ4n) is 2.35. The first-order valence-corrected chi connectivity index (χ1v) is 10.5. The Labute approximate surface area is 157 Å². The molecule has 1 aromatic carbocycles. The predicted molar refractivity (Wildman–Crippen MR) is 103 cm³/mol. The van der Waals surface area contributed by atoms with Crippen molar-refractivity contribution in [1.82, 2.24) is 10.6 Å². The number of primary sulfonamides is 1. The number of nitrogens with one attached hydrogen (secondary N) is 2. The van der Waals surface area contributed by atoms with Gasteiger partial charge in [0.05, 0.1) is 6.54 Å². The van der Waals surface area contributed by atoms with Crippen molar-refractivity contribution in [3.63, 3.8) is 0 Å². The van der Waals surface area contributed by atoms with E-state index in [1.165, 1.54) is 18.2 Å². The van der Waals surface area contributed by atoms with Crippen molar-refractivity contribution < 1.29 is 12.8 Å². The molecule has 0 amide bonds. The molecule has 0 unspecified atom stereocenters. The summed E-state index contributed by atoms with van der Waals surface area (Å²) < 4.78 is 35.9. The second-order valence-electron chi connectivity index (χ2n) is 5.71. The van der Waals surface area contributed by atoms with Gasteiger partial charge in [-0.1, -0.05) is 6.07 Å². The van der Waals surface area contributed by atoms with Crippen LogP contribution in [0.5, 0.6) is 0 Å². The number of nitrogens with two attached hydrogens (primary N) is 1. The number of aliphatic imine (C=N–C) groups is 1. The van der Waals surface area contributed by atoms with Crippen molar-refractivity contribution in [3.05, 3.63) is 52.2 Å². The summed E-state index contributed by atoms with van der Waals surface area (Å²) in [7, 11) is -3.67. The maximum Gasteiger partial charge on any atom is 0.247 e. The van der Waals surface area contributed by atoms with Crippen LogP contribution in [0.15, 0.2) is 39.5 Å². The SMILES string of the molecule is CCNC(=NCc1ccc(S(N)(=O)=O)s1)NCCc1ccc(F)cc1C. The normalized spacial score (nSPS) is 12.2. The van der Waals surface area contributed by atoms with Crippen LogP contribution in [0.2, 0.25) is 0 Å². The van der Waals surface area contributed by atoms with Gasteiger partial charge in [-0.25, -0.2) is 22.9 Å². The Balaban J connectivity index is 1.95. The molecule has 26 heavy (non-hydrogen) atoms. The van der Waals surface area contributed by atoms with Gasteiger partial charge in [0.2, 0.25) is 10.0 Å². The zero-order valence-electron chi connectivity index (χ0n) is 14.8. The van der Waals surface area contributed by atoms with Gasteiger partial charge in [-0.2, -0.15) is 0 Å². The smallest absolute Gasteiger partial charge is 0.247 e. The zero-order chi connectivity index (χ0) is 19.2. The highest BCUT2D eigenvalue weighted by Crippen LogP contribution is 2.20. The lowest BCUT2D eigenvalue weighted by Crippen LogP contribution is -2.38. The quantitative estimate of drug-likeness (QED) is 0.492. The highest BCUT2D eigenvalue weighted by atomic mass is 32.2. The van der Waals surface area contributed by atoms with Crippen LogP contribution in [0, 0.1) is 12.7 Å². The lowest BCUT2D eigenvalue weighted by molar-refractivity contribution is 0.600. The summed E-state index contributed by atoms with van der Waals surface area (Å²) in [5.41, 5.74) is 1.99. The van der Waals surface area contributed by atoms with E-state index in [0.29, 0.717) is 25.6 Å². The Kier molecular flexibility index (Phi) is 7.13. The second-order valence-corrected chi connectivity index (χ2v) is 8.67. The molecular weight excluding hydrogens is 375 g/mol.